The van der Waals surface area contributed by atoms with Crippen LogP contribution < -0.4 is 0 Å². The highest BCUT2D eigenvalue weighted by molar-refractivity contribution is 7.11. The molecule has 1 aromatic heterocycles. The first-order chi connectivity index (χ1) is 7.19. The van der Waals surface area contributed by atoms with Crippen molar-refractivity contribution in [3.05, 3.63) is 15.6 Å². The van der Waals surface area contributed by atoms with Crippen LogP contribution in [0.15, 0.2) is 0 Å². The maximum Gasteiger partial charge on any atom is 0.0954 e. The van der Waals surface area contributed by atoms with Gasteiger partial charge in [-0.2, -0.15) is 5.26 Å². The van der Waals surface area contributed by atoms with Gasteiger partial charge in [-0.1, -0.05) is 13.8 Å². The Balaban J connectivity index is 2.84. The number of aromatic nitrogens is 1. The molecule has 3 nitrogen and oxygen atoms in total. The summed E-state index contributed by atoms with van der Waals surface area (Å²) in [5.74, 6) is 0.390. The molecule has 1 rings (SSSR count). The lowest BCUT2D eigenvalue weighted by atomic mass is 10.1. The Hall–Kier alpha value is -0.920. The molecule has 0 atom stereocenters. The molecule has 0 aliphatic rings. The van der Waals surface area contributed by atoms with Crippen LogP contribution in [-0.2, 0) is 17.6 Å². The molecule has 1 heterocycles. The predicted octanol–water partition coefficient (Wildman–Crippen LogP) is 2.52. The molecule has 1 aromatic rings. The van der Waals surface area contributed by atoms with E-state index < -0.39 is 0 Å². The summed E-state index contributed by atoms with van der Waals surface area (Å²) in [6.07, 6.45) is 1.31. The van der Waals surface area contributed by atoms with Gasteiger partial charge in [0.2, 0.25) is 0 Å². The summed E-state index contributed by atoms with van der Waals surface area (Å²) in [6.45, 7) is 4.91. The largest absolute Gasteiger partial charge is 0.384 e. The van der Waals surface area contributed by atoms with Crippen LogP contribution in [0.2, 0.25) is 0 Å². The third-order valence-electron chi connectivity index (χ3n) is 2.08. The van der Waals surface area contributed by atoms with Crippen molar-refractivity contribution in [2.45, 2.75) is 32.6 Å². The fourth-order valence-electron chi connectivity index (χ4n) is 1.36. The topological polar surface area (TPSA) is 45.9 Å². The van der Waals surface area contributed by atoms with Gasteiger partial charge < -0.3 is 4.74 Å². The second-order valence-electron chi connectivity index (χ2n) is 3.65. The number of ether oxygens (including phenoxy) is 1. The van der Waals surface area contributed by atoms with Gasteiger partial charge in [0, 0.05) is 18.4 Å². The van der Waals surface area contributed by atoms with Gasteiger partial charge in [0.05, 0.1) is 29.8 Å². The van der Waals surface area contributed by atoms with E-state index in [0.717, 1.165) is 22.0 Å². The maximum absolute atomic E-state index is 8.72. The number of nitriles is 1. The summed E-state index contributed by atoms with van der Waals surface area (Å²) in [5.41, 5.74) is 1.08. The maximum atomic E-state index is 8.72. The fourth-order valence-corrected chi connectivity index (χ4v) is 2.50. The lowest BCUT2D eigenvalue weighted by Crippen LogP contribution is -1.96. The molecule has 0 aromatic carbocycles. The highest BCUT2D eigenvalue weighted by atomic mass is 32.1. The quantitative estimate of drug-likeness (QED) is 0.772. The SMILES string of the molecule is COCCc1nc(C(C)C)c(CC#N)s1. The van der Waals surface area contributed by atoms with Crippen molar-refractivity contribution in [1.82, 2.24) is 4.98 Å². The molecule has 0 fully saturated rings. The highest BCUT2D eigenvalue weighted by Gasteiger charge is 2.13. The van der Waals surface area contributed by atoms with Gasteiger partial charge in [-0.25, -0.2) is 4.98 Å². The standard InChI is InChI=1S/C11H16N2OS/c1-8(2)11-9(4-6-12)15-10(13-11)5-7-14-3/h8H,4-5,7H2,1-3H3. The number of methoxy groups -OCH3 is 1. The summed E-state index contributed by atoms with van der Waals surface area (Å²) in [6, 6.07) is 2.19. The predicted molar refractivity (Wildman–Crippen MR) is 61.1 cm³/mol. The van der Waals surface area contributed by atoms with Crippen molar-refractivity contribution in [3.63, 3.8) is 0 Å². The number of rotatable bonds is 5. The highest BCUT2D eigenvalue weighted by Crippen LogP contribution is 2.25. The van der Waals surface area contributed by atoms with E-state index in [9.17, 15) is 0 Å². The van der Waals surface area contributed by atoms with Gasteiger partial charge in [0.25, 0.3) is 0 Å². The fraction of sp³-hybridized carbons (Fsp3) is 0.636. The zero-order chi connectivity index (χ0) is 11.3. The van der Waals surface area contributed by atoms with Gasteiger partial charge in [-0.05, 0) is 5.92 Å². The second-order valence-corrected chi connectivity index (χ2v) is 4.82. The number of hydrogen-bond acceptors (Lipinski definition) is 4. The van der Waals surface area contributed by atoms with Crippen LogP contribution in [0, 0.1) is 11.3 Å². The third kappa shape index (κ3) is 3.29. The second kappa shape index (κ2) is 5.84. The zero-order valence-corrected chi connectivity index (χ0v) is 10.2. The Labute approximate surface area is 94.7 Å². The molecule has 0 N–H and O–H groups in total. The van der Waals surface area contributed by atoms with E-state index in [1.165, 1.54) is 0 Å². The molecule has 0 saturated carbocycles. The Morgan fingerprint density at radius 3 is 2.80 bits per heavy atom. The molecule has 0 bridgehead atoms. The van der Waals surface area contributed by atoms with Crippen LogP contribution in [-0.4, -0.2) is 18.7 Å². The minimum atomic E-state index is 0.390. The lowest BCUT2D eigenvalue weighted by Gasteiger charge is -2.01. The normalized spacial score (nSPS) is 10.6. The molecule has 0 aliphatic heterocycles. The van der Waals surface area contributed by atoms with Crippen LogP contribution in [0.3, 0.4) is 0 Å². The molecule has 0 amide bonds. The summed E-state index contributed by atoms with van der Waals surface area (Å²) in [4.78, 5) is 5.66. The van der Waals surface area contributed by atoms with Crippen molar-refractivity contribution < 1.29 is 4.74 Å². The van der Waals surface area contributed by atoms with Crippen molar-refractivity contribution in [2.24, 2.45) is 0 Å². The van der Waals surface area contributed by atoms with Crippen molar-refractivity contribution in [2.75, 3.05) is 13.7 Å². The van der Waals surface area contributed by atoms with Gasteiger partial charge in [-0.3, -0.25) is 0 Å². The van der Waals surface area contributed by atoms with Gasteiger partial charge in [-0.15, -0.1) is 11.3 Å². The minimum absolute atomic E-state index is 0.390. The first-order valence-electron chi connectivity index (χ1n) is 5.03. The van der Waals surface area contributed by atoms with Crippen LogP contribution in [0.5, 0.6) is 0 Å². The number of thiazole rings is 1. The third-order valence-corrected chi connectivity index (χ3v) is 3.21. The monoisotopic (exact) mass is 224 g/mol. The number of nitrogens with zero attached hydrogens (tertiary/aromatic N) is 2. The van der Waals surface area contributed by atoms with E-state index in [-0.39, 0.29) is 0 Å². The molecule has 0 unspecified atom stereocenters. The molecule has 15 heavy (non-hydrogen) atoms. The van der Waals surface area contributed by atoms with E-state index in [4.69, 9.17) is 10.00 Å². The van der Waals surface area contributed by atoms with E-state index in [1.54, 1.807) is 18.4 Å². The van der Waals surface area contributed by atoms with Crippen molar-refractivity contribution in [3.8, 4) is 6.07 Å². The summed E-state index contributed by atoms with van der Waals surface area (Å²) in [7, 11) is 1.69. The summed E-state index contributed by atoms with van der Waals surface area (Å²) >= 11 is 1.64. The van der Waals surface area contributed by atoms with Crippen LogP contribution >= 0.6 is 11.3 Å². The average molecular weight is 224 g/mol. The molecule has 0 saturated heterocycles. The summed E-state index contributed by atoms with van der Waals surface area (Å²) in [5, 5.41) is 9.79. The van der Waals surface area contributed by atoms with E-state index in [2.05, 4.69) is 24.9 Å². The number of hydrogen-bond donors (Lipinski definition) is 0. The van der Waals surface area contributed by atoms with Gasteiger partial charge in [0.1, 0.15) is 0 Å². The van der Waals surface area contributed by atoms with E-state index in [1.807, 2.05) is 0 Å². The van der Waals surface area contributed by atoms with Gasteiger partial charge >= 0.3 is 0 Å². The molecular formula is C11H16N2OS. The molecule has 0 radical (unpaired) electrons. The Morgan fingerprint density at radius 1 is 1.53 bits per heavy atom. The minimum Gasteiger partial charge on any atom is -0.384 e. The van der Waals surface area contributed by atoms with Crippen LogP contribution in [0.1, 0.15) is 35.3 Å². The summed E-state index contributed by atoms with van der Waals surface area (Å²) < 4.78 is 5.02. The zero-order valence-electron chi connectivity index (χ0n) is 9.41. The molecule has 0 spiro atoms. The first-order valence-corrected chi connectivity index (χ1v) is 5.85. The Bertz CT molecular complexity index is 352. The average Bonchev–Trinajstić information content (AvgIpc) is 2.59. The Kier molecular flexibility index (Phi) is 4.73. The van der Waals surface area contributed by atoms with Crippen LogP contribution in [0.4, 0.5) is 0 Å². The molecule has 4 heteroatoms. The molecule has 82 valence electrons. The smallest absolute Gasteiger partial charge is 0.0954 e. The van der Waals surface area contributed by atoms with E-state index in [0.29, 0.717) is 18.9 Å². The lowest BCUT2D eigenvalue weighted by molar-refractivity contribution is 0.202. The molecule has 0 aliphatic carbocycles. The van der Waals surface area contributed by atoms with Crippen molar-refractivity contribution >= 4 is 11.3 Å². The van der Waals surface area contributed by atoms with Gasteiger partial charge in [0.15, 0.2) is 0 Å². The Morgan fingerprint density at radius 2 is 2.27 bits per heavy atom. The van der Waals surface area contributed by atoms with E-state index >= 15 is 0 Å². The first kappa shape index (κ1) is 12.2. The van der Waals surface area contributed by atoms with Crippen molar-refractivity contribution in [1.29, 1.82) is 5.26 Å². The van der Waals surface area contributed by atoms with Crippen LogP contribution in [0.25, 0.3) is 0 Å². The molecular weight excluding hydrogens is 208 g/mol.